The van der Waals surface area contributed by atoms with E-state index in [9.17, 15) is 19.1 Å². The van der Waals surface area contributed by atoms with E-state index in [-0.39, 0.29) is 11.5 Å². The fraction of sp³-hybridized carbons (Fsp3) is 0.423. The van der Waals surface area contributed by atoms with Crippen LogP contribution in [0.1, 0.15) is 47.2 Å². The molecule has 1 saturated heterocycles. The van der Waals surface area contributed by atoms with E-state index in [1.807, 2.05) is 23.1 Å². The smallest absolute Gasteiger partial charge is 0.320 e. The summed E-state index contributed by atoms with van der Waals surface area (Å²) in [7, 11) is 1.58. The second-order valence-corrected chi connectivity index (χ2v) is 9.60. The number of aliphatic imine (C=N–C) groups is 1. The number of likely N-dealkylation sites (tertiary alicyclic amines) is 1. The number of aryl methyl sites for hydroxylation is 1. The van der Waals surface area contributed by atoms with Crippen LogP contribution in [0.25, 0.3) is 0 Å². The van der Waals surface area contributed by atoms with Crippen molar-refractivity contribution in [3.05, 3.63) is 63.4 Å². The minimum atomic E-state index is -0.773. The quantitative estimate of drug-likeness (QED) is 0.218. The van der Waals surface area contributed by atoms with E-state index in [0.717, 1.165) is 29.4 Å². The molecule has 2 aromatic rings. The van der Waals surface area contributed by atoms with Crippen LogP contribution in [0.5, 0.6) is 5.75 Å². The number of hydrogen-bond donors (Lipinski definition) is 3. The van der Waals surface area contributed by atoms with Gasteiger partial charge in [0.15, 0.2) is 5.96 Å². The fourth-order valence-electron chi connectivity index (χ4n) is 4.45. The number of amides is 1. The molecule has 1 atom stereocenters. The molecule has 1 aliphatic rings. The van der Waals surface area contributed by atoms with Gasteiger partial charge in [0.1, 0.15) is 17.6 Å². The maximum absolute atomic E-state index is 14.7. The van der Waals surface area contributed by atoms with Crippen LogP contribution in [0, 0.1) is 5.82 Å². The van der Waals surface area contributed by atoms with Crippen LogP contribution in [0.2, 0.25) is 0 Å². The second-order valence-electron chi connectivity index (χ2n) is 8.68. The Hall–Kier alpha value is -2.98. The summed E-state index contributed by atoms with van der Waals surface area (Å²) in [5.41, 5.74) is 7.29. The first-order chi connectivity index (χ1) is 17.3. The molecule has 0 aliphatic carbocycles. The highest BCUT2D eigenvalue weighted by Crippen LogP contribution is 2.26. The molecule has 0 radical (unpaired) electrons. The lowest BCUT2D eigenvalue weighted by Gasteiger charge is -2.20. The Morgan fingerprint density at radius 3 is 2.83 bits per heavy atom. The van der Waals surface area contributed by atoms with Gasteiger partial charge in [0.2, 0.25) is 0 Å². The number of methoxy groups -OCH3 is 1. The lowest BCUT2D eigenvalue weighted by Crippen LogP contribution is -2.37. The van der Waals surface area contributed by atoms with Gasteiger partial charge in [0.05, 0.1) is 7.11 Å². The summed E-state index contributed by atoms with van der Waals surface area (Å²) < 4.78 is 21.0. The van der Waals surface area contributed by atoms with Crippen LogP contribution < -0.4 is 15.8 Å². The first-order valence-electron chi connectivity index (χ1n) is 12.0. The van der Waals surface area contributed by atoms with Gasteiger partial charge in [-0.2, -0.15) is 0 Å². The van der Waals surface area contributed by atoms with E-state index in [2.05, 4.69) is 26.2 Å². The molecule has 36 heavy (non-hydrogen) atoms. The van der Waals surface area contributed by atoms with Crippen molar-refractivity contribution in [1.82, 2.24) is 10.2 Å². The third-order valence-electron chi connectivity index (χ3n) is 6.28. The summed E-state index contributed by atoms with van der Waals surface area (Å²) in [6.07, 6.45) is 3.85. The lowest BCUT2D eigenvalue weighted by atomic mass is 9.98. The van der Waals surface area contributed by atoms with Crippen molar-refractivity contribution in [3.8, 4) is 5.75 Å². The summed E-state index contributed by atoms with van der Waals surface area (Å²) in [5, 5.41) is 11.8. The minimum Gasteiger partial charge on any atom is -0.496 e. The number of guanidine groups is 1. The zero-order chi connectivity index (χ0) is 26.1. The Labute approximate surface area is 218 Å². The Kier molecular flexibility index (Phi) is 10.2. The molecule has 0 saturated carbocycles. The predicted octanol–water partition coefficient (Wildman–Crippen LogP) is 3.76. The van der Waals surface area contributed by atoms with Gasteiger partial charge in [0, 0.05) is 22.1 Å². The second kappa shape index (κ2) is 13.4. The molecular weight excluding hydrogens is 531 g/mol. The van der Waals surface area contributed by atoms with Gasteiger partial charge in [-0.1, -0.05) is 22.0 Å². The molecule has 1 amide bonds. The maximum atomic E-state index is 14.7. The number of nitrogens with one attached hydrogen (secondary N) is 1. The van der Waals surface area contributed by atoms with Gasteiger partial charge in [-0.3, -0.25) is 24.8 Å². The lowest BCUT2D eigenvalue weighted by molar-refractivity contribution is -0.142. The highest BCUT2D eigenvalue weighted by molar-refractivity contribution is 9.10. The normalized spacial score (nSPS) is 16.2. The van der Waals surface area contributed by atoms with Crippen LogP contribution in [0.15, 0.2) is 45.9 Å². The number of carbonyl (C=O) groups is 2. The first-order valence-corrected chi connectivity index (χ1v) is 12.8. The molecule has 8 nitrogen and oxygen atoms in total. The zero-order valence-corrected chi connectivity index (χ0v) is 21.9. The van der Waals surface area contributed by atoms with E-state index < -0.39 is 23.7 Å². The van der Waals surface area contributed by atoms with Gasteiger partial charge in [-0.05, 0) is 87.5 Å². The Bertz CT molecular complexity index is 1110. The number of benzene rings is 2. The summed E-state index contributed by atoms with van der Waals surface area (Å²) >= 11 is 3.44. The Morgan fingerprint density at radius 1 is 1.28 bits per heavy atom. The van der Waals surface area contributed by atoms with Gasteiger partial charge in [-0.25, -0.2) is 4.39 Å². The molecule has 4 N–H and O–H groups in total. The molecule has 0 aromatic heterocycles. The van der Waals surface area contributed by atoms with Crippen molar-refractivity contribution in [3.63, 3.8) is 0 Å². The number of carboxylic acids is 1. The molecule has 1 unspecified atom stereocenters. The van der Waals surface area contributed by atoms with Crippen molar-refractivity contribution in [1.29, 1.82) is 0 Å². The average molecular weight is 563 g/mol. The molecule has 0 spiro atoms. The van der Waals surface area contributed by atoms with E-state index >= 15 is 0 Å². The Morgan fingerprint density at radius 2 is 2.08 bits per heavy atom. The van der Waals surface area contributed by atoms with E-state index in [1.54, 1.807) is 13.2 Å². The summed E-state index contributed by atoms with van der Waals surface area (Å²) in [4.78, 5) is 30.3. The topological polar surface area (TPSA) is 117 Å². The van der Waals surface area contributed by atoms with Crippen LogP contribution in [-0.4, -0.2) is 60.6 Å². The van der Waals surface area contributed by atoms with Gasteiger partial charge < -0.3 is 15.6 Å². The number of halogens is 2. The predicted molar refractivity (Wildman–Crippen MR) is 140 cm³/mol. The summed E-state index contributed by atoms with van der Waals surface area (Å²) in [5.74, 6) is -1.10. The van der Waals surface area contributed by atoms with E-state index in [4.69, 9.17) is 10.5 Å². The molecule has 1 aliphatic heterocycles. The molecule has 0 bridgehead atoms. The molecule has 1 heterocycles. The number of aliphatic carboxylic acids is 1. The number of hydrogen-bond acceptors (Lipinski definition) is 5. The molecular formula is C26H32BrFN4O4. The van der Waals surface area contributed by atoms with Crippen molar-refractivity contribution in [2.75, 3.05) is 26.7 Å². The fourth-order valence-corrected chi connectivity index (χ4v) is 4.86. The van der Waals surface area contributed by atoms with E-state index in [0.29, 0.717) is 50.1 Å². The molecule has 2 aromatic carbocycles. The number of ether oxygens (including phenoxy) is 1. The van der Waals surface area contributed by atoms with Gasteiger partial charge in [0.25, 0.3) is 5.91 Å². The minimum absolute atomic E-state index is 0.0338. The van der Waals surface area contributed by atoms with Crippen LogP contribution in [0.3, 0.4) is 0 Å². The van der Waals surface area contributed by atoms with E-state index in [1.165, 1.54) is 12.1 Å². The maximum Gasteiger partial charge on any atom is 0.320 e. The van der Waals surface area contributed by atoms with Crippen molar-refractivity contribution in [2.24, 2.45) is 10.7 Å². The Balaban J connectivity index is 1.55. The molecule has 1 fully saturated rings. The third kappa shape index (κ3) is 7.51. The van der Waals surface area contributed by atoms with Gasteiger partial charge >= 0.3 is 5.97 Å². The molecule has 3 rings (SSSR count). The third-order valence-corrected chi connectivity index (χ3v) is 6.77. The zero-order valence-electron chi connectivity index (χ0n) is 20.3. The number of rotatable bonds is 11. The van der Waals surface area contributed by atoms with Crippen LogP contribution in [0.4, 0.5) is 4.39 Å². The first kappa shape index (κ1) is 27.6. The van der Waals surface area contributed by atoms with Crippen molar-refractivity contribution >= 4 is 33.8 Å². The SMILES string of the molecule is COc1ccc(Br)cc1CCc1c(F)cccc1C(=O)NC(N)=NCCCCN1CCCC1C(=O)O. The summed E-state index contributed by atoms with van der Waals surface area (Å²) in [6, 6.07) is 9.60. The highest BCUT2D eigenvalue weighted by atomic mass is 79.9. The van der Waals surface area contributed by atoms with Crippen molar-refractivity contribution < 1.29 is 23.8 Å². The standard InChI is InChI=1S/C26H32BrFN4O4/c1-36-23-12-10-18(27)16-17(23)9-11-19-20(6-4-7-21(19)28)24(33)31-26(29)30-13-2-3-14-32-15-5-8-22(32)25(34)35/h4,6-7,10,12,16,22H,2-3,5,8-9,11,13-15H2,1H3,(H,34,35)(H3,29,30,31,33). The number of nitrogens with two attached hydrogens (primary N) is 1. The molecule has 194 valence electrons. The number of unbranched alkanes of at least 4 members (excludes halogenated alkanes) is 1. The monoisotopic (exact) mass is 562 g/mol. The van der Waals surface area contributed by atoms with Gasteiger partial charge in [-0.15, -0.1) is 0 Å². The number of carbonyl (C=O) groups excluding carboxylic acids is 1. The van der Waals surface area contributed by atoms with Crippen LogP contribution >= 0.6 is 15.9 Å². The highest BCUT2D eigenvalue weighted by Gasteiger charge is 2.29. The molecule has 10 heteroatoms. The largest absolute Gasteiger partial charge is 0.496 e. The number of nitrogens with zero attached hydrogens (tertiary/aromatic N) is 2. The summed E-state index contributed by atoms with van der Waals surface area (Å²) in [6.45, 7) is 1.88. The van der Waals surface area contributed by atoms with Crippen LogP contribution in [-0.2, 0) is 17.6 Å². The average Bonchev–Trinajstić information content (AvgIpc) is 3.32. The van der Waals surface area contributed by atoms with Crippen molar-refractivity contribution in [2.45, 2.75) is 44.6 Å². The number of carboxylic acid groups (broad SMARTS) is 1.